The monoisotopic (exact) mass is 408 g/mol. The van der Waals surface area contributed by atoms with E-state index in [0.29, 0.717) is 25.6 Å². The Labute approximate surface area is 166 Å². The summed E-state index contributed by atoms with van der Waals surface area (Å²) in [6.07, 6.45) is 0. The van der Waals surface area contributed by atoms with Crippen molar-refractivity contribution >= 4 is 39.9 Å². The van der Waals surface area contributed by atoms with Gasteiger partial charge in [-0.25, -0.2) is 4.98 Å². The fraction of sp³-hybridized carbons (Fsp3) is 0.647. The first kappa shape index (κ1) is 18.6. The number of carbonyl (C=O) groups excluding carboxylic acids is 1. The Morgan fingerprint density at radius 2 is 2.07 bits per heavy atom. The number of aryl methyl sites for hydroxylation is 2. The fourth-order valence-electron chi connectivity index (χ4n) is 4.10. The van der Waals surface area contributed by atoms with Crippen molar-refractivity contribution in [2.24, 2.45) is 11.3 Å². The van der Waals surface area contributed by atoms with Crippen molar-refractivity contribution in [1.29, 1.82) is 0 Å². The van der Waals surface area contributed by atoms with Crippen molar-refractivity contribution in [2.45, 2.75) is 13.8 Å². The van der Waals surface area contributed by atoms with Gasteiger partial charge in [-0.1, -0.05) is 0 Å². The Morgan fingerprint density at radius 3 is 2.63 bits per heavy atom. The van der Waals surface area contributed by atoms with Crippen LogP contribution in [-0.2, 0) is 0 Å². The van der Waals surface area contributed by atoms with Crippen LogP contribution in [0, 0.1) is 25.2 Å². The van der Waals surface area contributed by atoms with Gasteiger partial charge in [0.2, 0.25) is 11.1 Å². The lowest BCUT2D eigenvalue weighted by Crippen LogP contribution is -2.39. The number of thiazole rings is 1. The van der Waals surface area contributed by atoms with Crippen LogP contribution in [0.2, 0.25) is 0 Å². The molecule has 0 unspecified atom stereocenters. The van der Waals surface area contributed by atoms with Crippen LogP contribution >= 0.6 is 22.9 Å². The number of aromatic nitrogens is 3. The number of amides is 1. The first-order chi connectivity index (χ1) is 12.8. The number of carbonyl (C=O) groups is 1. The molecule has 0 aromatic carbocycles. The van der Waals surface area contributed by atoms with E-state index in [-0.39, 0.29) is 23.8 Å². The molecule has 2 aliphatic heterocycles. The summed E-state index contributed by atoms with van der Waals surface area (Å²) < 4.78 is 4.38. The van der Waals surface area contributed by atoms with Gasteiger partial charge < -0.3 is 19.8 Å². The Balaban J connectivity index is 1.51. The zero-order valence-corrected chi connectivity index (χ0v) is 17.6. The molecule has 27 heavy (non-hydrogen) atoms. The highest BCUT2D eigenvalue weighted by atomic mass is 32.1. The maximum Gasteiger partial charge on any atom is 0.265 e. The second-order valence-corrected chi connectivity index (χ2v) is 9.64. The smallest absolute Gasteiger partial charge is 0.265 e. The first-order valence-corrected chi connectivity index (χ1v) is 10.5. The SMILES string of the molecule is Cc1nc(C)c(C(=O)N2C[C@@H]3CN(c4nc(N(C)C)ns4)C[C@]3(CO)C2)s1. The average molecular weight is 409 g/mol. The van der Waals surface area contributed by atoms with Gasteiger partial charge in [-0.2, -0.15) is 9.36 Å². The number of rotatable bonds is 4. The Morgan fingerprint density at radius 1 is 1.30 bits per heavy atom. The number of likely N-dealkylation sites (tertiary alicyclic amines) is 1. The number of aliphatic hydroxyl groups excluding tert-OH is 1. The van der Waals surface area contributed by atoms with E-state index in [2.05, 4.69) is 19.2 Å². The molecule has 0 spiro atoms. The van der Waals surface area contributed by atoms with Crippen LogP contribution in [0.25, 0.3) is 0 Å². The molecule has 1 N–H and O–H groups in total. The first-order valence-electron chi connectivity index (χ1n) is 8.93. The maximum absolute atomic E-state index is 13.0. The number of hydrogen-bond acceptors (Lipinski definition) is 9. The molecule has 2 aromatic rings. The standard InChI is InChI=1S/C17H24N6O2S2/c1-10-13(26-11(2)18-10)14(25)22-5-12-6-23(8-17(12,7-22)9-24)16-19-15(20-27-16)21(3)4/h12,24H,5-9H2,1-4H3/t12-,17+/m1/s1. The zero-order valence-electron chi connectivity index (χ0n) is 16.0. The third kappa shape index (κ3) is 3.09. The molecular weight excluding hydrogens is 384 g/mol. The summed E-state index contributed by atoms with van der Waals surface area (Å²) in [6, 6.07) is 0. The molecule has 4 rings (SSSR count). The van der Waals surface area contributed by atoms with E-state index in [9.17, 15) is 9.90 Å². The molecule has 0 aliphatic carbocycles. The summed E-state index contributed by atoms with van der Waals surface area (Å²) in [5, 5.41) is 12.0. The van der Waals surface area contributed by atoms with E-state index in [4.69, 9.17) is 0 Å². The maximum atomic E-state index is 13.0. The highest BCUT2D eigenvalue weighted by molar-refractivity contribution is 7.13. The minimum atomic E-state index is -0.298. The summed E-state index contributed by atoms with van der Waals surface area (Å²) in [7, 11) is 3.85. The van der Waals surface area contributed by atoms with Crippen molar-refractivity contribution in [3.63, 3.8) is 0 Å². The second-order valence-electron chi connectivity index (χ2n) is 7.70. The molecule has 8 nitrogen and oxygen atoms in total. The van der Waals surface area contributed by atoms with Crippen molar-refractivity contribution in [3.8, 4) is 0 Å². The Bertz CT molecular complexity index is 865. The topological polar surface area (TPSA) is 85.7 Å². The van der Waals surface area contributed by atoms with Crippen LogP contribution in [0.15, 0.2) is 0 Å². The van der Waals surface area contributed by atoms with Gasteiger partial charge in [0.25, 0.3) is 5.91 Å². The Hall–Kier alpha value is -1.78. The van der Waals surface area contributed by atoms with E-state index < -0.39 is 0 Å². The van der Waals surface area contributed by atoms with Gasteiger partial charge in [-0.05, 0) is 13.8 Å². The lowest BCUT2D eigenvalue weighted by molar-refractivity contribution is 0.0752. The molecule has 4 heterocycles. The minimum Gasteiger partial charge on any atom is -0.396 e. The van der Waals surface area contributed by atoms with Crippen LogP contribution < -0.4 is 9.80 Å². The Kier molecular flexibility index (Phi) is 4.59. The molecule has 146 valence electrons. The van der Waals surface area contributed by atoms with E-state index in [0.717, 1.165) is 27.3 Å². The van der Waals surface area contributed by atoms with Crippen molar-refractivity contribution in [3.05, 3.63) is 15.6 Å². The number of hydrogen-bond donors (Lipinski definition) is 1. The van der Waals surface area contributed by atoms with Gasteiger partial charge in [0.1, 0.15) is 4.88 Å². The minimum absolute atomic E-state index is 0.0395. The van der Waals surface area contributed by atoms with Crippen molar-refractivity contribution in [1.82, 2.24) is 19.2 Å². The number of aliphatic hydroxyl groups is 1. The van der Waals surface area contributed by atoms with Gasteiger partial charge in [-0.15, -0.1) is 11.3 Å². The second kappa shape index (κ2) is 6.68. The molecule has 2 aromatic heterocycles. The predicted molar refractivity (Wildman–Crippen MR) is 107 cm³/mol. The lowest BCUT2D eigenvalue weighted by atomic mass is 9.82. The van der Waals surface area contributed by atoms with Crippen LogP contribution in [0.3, 0.4) is 0 Å². The highest BCUT2D eigenvalue weighted by Crippen LogP contribution is 2.44. The van der Waals surface area contributed by atoms with E-state index in [1.807, 2.05) is 37.7 Å². The van der Waals surface area contributed by atoms with Gasteiger partial charge in [0.15, 0.2) is 0 Å². The molecular formula is C17H24N6O2S2. The van der Waals surface area contributed by atoms with Crippen LogP contribution in [0.1, 0.15) is 20.4 Å². The summed E-state index contributed by atoms with van der Waals surface area (Å²) >= 11 is 2.84. The number of anilines is 2. The number of fused-ring (bicyclic) bond motifs is 1. The van der Waals surface area contributed by atoms with E-state index in [1.165, 1.54) is 22.9 Å². The van der Waals surface area contributed by atoms with Gasteiger partial charge in [0, 0.05) is 63.1 Å². The zero-order chi connectivity index (χ0) is 19.3. The molecule has 2 saturated heterocycles. The molecule has 2 aliphatic rings. The van der Waals surface area contributed by atoms with Crippen LogP contribution in [-0.4, -0.2) is 77.1 Å². The fourth-order valence-corrected chi connectivity index (χ4v) is 5.73. The van der Waals surface area contributed by atoms with Crippen LogP contribution in [0.4, 0.5) is 11.1 Å². The van der Waals surface area contributed by atoms with Crippen LogP contribution in [0.5, 0.6) is 0 Å². The quantitative estimate of drug-likeness (QED) is 0.815. The average Bonchev–Trinajstić information content (AvgIpc) is 3.34. The molecule has 10 heteroatoms. The van der Waals surface area contributed by atoms with Gasteiger partial charge in [0.05, 0.1) is 17.3 Å². The molecule has 0 radical (unpaired) electrons. The lowest BCUT2D eigenvalue weighted by Gasteiger charge is -2.26. The largest absolute Gasteiger partial charge is 0.396 e. The summed E-state index contributed by atoms with van der Waals surface area (Å²) in [4.78, 5) is 28.6. The van der Waals surface area contributed by atoms with Crippen molar-refractivity contribution in [2.75, 3.05) is 56.7 Å². The van der Waals surface area contributed by atoms with E-state index >= 15 is 0 Å². The molecule has 2 fully saturated rings. The summed E-state index contributed by atoms with van der Waals surface area (Å²) in [5.74, 6) is 0.975. The molecule has 0 bridgehead atoms. The van der Waals surface area contributed by atoms with Gasteiger partial charge in [-0.3, -0.25) is 4.79 Å². The molecule has 1 amide bonds. The third-order valence-corrected chi connectivity index (χ3v) is 7.36. The van der Waals surface area contributed by atoms with Gasteiger partial charge >= 0.3 is 0 Å². The number of nitrogens with zero attached hydrogens (tertiary/aromatic N) is 6. The van der Waals surface area contributed by atoms with E-state index in [1.54, 1.807) is 0 Å². The summed E-state index contributed by atoms with van der Waals surface area (Å²) in [6.45, 7) is 6.58. The normalized spacial score (nSPS) is 24.6. The highest BCUT2D eigenvalue weighted by Gasteiger charge is 2.54. The molecule has 0 saturated carbocycles. The predicted octanol–water partition coefficient (Wildman–Crippen LogP) is 1.25. The summed E-state index contributed by atoms with van der Waals surface area (Å²) in [5.41, 5.74) is 0.497. The van der Waals surface area contributed by atoms with Crippen molar-refractivity contribution < 1.29 is 9.90 Å². The third-order valence-electron chi connectivity index (χ3n) is 5.53. The molecule has 2 atom stereocenters.